The Kier molecular flexibility index (Phi) is 6.02. The van der Waals surface area contributed by atoms with Gasteiger partial charge in [-0.05, 0) is 25.5 Å². The number of benzene rings is 1. The van der Waals surface area contributed by atoms with Crippen molar-refractivity contribution in [3.63, 3.8) is 0 Å². The van der Waals surface area contributed by atoms with E-state index in [2.05, 4.69) is 18.3 Å². The van der Waals surface area contributed by atoms with Crippen LogP contribution in [0.4, 0.5) is 0 Å². The second kappa shape index (κ2) is 8.00. The highest BCUT2D eigenvalue weighted by Crippen LogP contribution is 2.18. The van der Waals surface area contributed by atoms with Gasteiger partial charge in [0, 0.05) is 0 Å². The van der Waals surface area contributed by atoms with Crippen molar-refractivity contribution in [3.8, 4) is 5.75 Å². The third-order valence-electron chi connectivity index (χ3n) is 3.62. The molecule has 0 unspecified atom stereocenters. The number of amides is 1. The zero-order valence-corrected chi connectivity index (χ0v) is 12.9. The van der Waals surface area contributed by atoms with E-state index in [1.807, 2.05) is 19.1 Å². The number of rotatable bonds is 6. The van der Waals surface area contributed by atoms with Gasteiger partial charge < -0.3 is 19.7 Å². The van der Waals surface area contributed by atoms with Gasteiger partial charge in [0.2, 0.25) is 0 Å². The zero-order chi connectivity index (χ0) is 15.1. The van der Waals surface area contributed by atoms with Gasteiger partial charge in [0.25, 0.3) is 5.91 Å². The molecule has 1 aromatic rings. The van der Waals surface area contributed by atoms with E-state index in [0.717, 1.165) is 37.6 Å². The van der Waals surface area contributed by atoms with Crippen molar-refractivity contribution in [2.45, 2.75) is 13.8 Å². The maximum atomic E-state index is 11.8. The van der Waals surface area contributed by atoms with Gasteiger partial charge in [-0.25, -0.2) is 0 Å². The van der Waals surface area contributed by atoms with Crippen LogP contribution in [0.25, 0.3) is 0 Å². The lowest BCUT2D eigenvalue weighted by Gasteiger charge is -2.23. The highest BCUT2D eigenvalue weighted by atomic mass is 16.5. The van der Waals surface area contributed by atoms with Crippen LogP contribution in [0.5, 0.6) is 5.75 Å². The lowest BCUT2D eigenvalue weighted by atomic mass is 10.1. The van der Waals surface area contributed by atoms with Gasteiger partial charge in [0.05, 0.1) is 19.8 Å². The third-order valence-corrected chi connectivity index (χ3v) is 3.62. The molecule has 0 spiro atoms. The summed E-state index contributed by atoms with van der Waals surface area (Å²) in [7, 11) is 0. The largest absolute Gasteiger partial charge is 0.491 e. The summed E-state index contributed by atoms with van der Waals surface area (Å²) < 4.78 is 11.0. The molecule has 0 aromatic heterocycles. The van der Waals surface area contributed by atoms with Crippen LogP contribution >= 0.6 is 0 Å². The summed E-state index contributed by atoms with van der Waals surface area (Å²) in [5.74, 6) is 0.963. The summed E-state index contributed by atoms with van der Waals surface area (Å²) in [5.41, 5.74) is 2.35. The van der Waals surface area contributed by atoms with Crippen molar-refractivity contribution in [1.82, 2.24) is 5.32 Å². The lowest BCUT2D eigenvalue weighted by molar-refractivity contribution is -0.900. The van der Waals surface area contributed by atoms with Crippen LogP contribution in [0.2, 0.25) is 0 Å². The number of hydrogen-bond donors (Lipinski definition) is 2. The molecule has 5 nitrogen and oxygen atoms in total. The number of hydrogen-bond acceptors (Lipinski definition) is 3. The summed E-state index contributed by atoms with van der Waals surface area (Å²) in [6, 6.07) is 6.10. The molecule has 2 N–H and O–H groups in total. The molecule has 0 bridgehead atoms. The minimum Gasteiger partial charge on any atom is -0.491 e. The van der Waals surface area contributed by atoms with E-state index >= 15 is 0 Å². The Morgan fingerprint density at radius 3 is 2.81 bits per heavy atom. The van der Waals surface area contributed by atoms with Crippen LogP contribution in [0, 0.1) is 13.8 Å². The van der Waals surface area contributed by atoms with Gasteiger partial charge in [-0.2, -0.15) is 0 Å². The van der Waals surface area contributed by atoms with Crippen molar-refractivity contribution in [2.24, 2.45) is 0 Å². The summed E-state index contributed by atoms with van der Waals surface area (Å²) >= 11 is 0. The molecule has 5 heteroatoms. The number of quaternary nitrogens is 1. The number of nitrogens with one attached hydrogen (secondary N) is 2. The summed E-state index contributed by atoms with van der Waals surface area (Å²) in [6.45, 7) is 8.96. The van der Waals surface area contributed by atoms with Crippen LogP contribution in [0.15, 0.2) is 18.2 Å². The molecule has 21 heavy (non-hydrogen) atoms. The molecule has 0 radical (unpaired) electrons. The molecule has 0 aliphatic carbocycles. The summed E-state index contributed by atoms with van der Waals surface area (Å²) in [5, 5.41) is 2.91. The van der Waals surface area contributed by atoms with Crippen LogP contribution in [-0.2, 0) is 9.53 Å². The van der Waals surface area contributed by atoms with E-state index in [1.165, 1.54) is 10.5 Å². The Balaban J connectivity index is 1.63. The molecule has 1 fully saturated rings. The van der Waals surface area contributed by atoms with Crippen molar-refractivity contribution in [3.05, 3.63) is 29.3 Å². The summed E-state index contributed by atoms with van der Waals surface area (Å²) in [4.78, 5) is 13.1. The molecular formula is C16H25N2O3+. The topological polar surface area (TPSA) is 52.0 Å². The molecule has 1 heterocycles. The standard InChI is InChI=1S/C16H24N2O3/c1-13-3-4-15(14(2)11-13)21-8-5-17-16(19)12-18-6-9-20-10-7-18/h3-4,11H,5-10,12H2,1-2H3,(H,17,19)/p+1. The van der Waals surface area contributed by atoms with Gasteiger partial charge in [-0.1, -0.05) is 17.7 Å². The van der Waals surface area contributed by atoms with Crippen molar-refractivity contribution >= 4 is 5.91 Å². The first kappa shape index (κ1) is 15.8. The molecule has 1 aliphatic rings. The molecule has 1 aromatic carbocycles. The molecule has 0 atom stereocenters. The Morgan fingerprint density at radius 1 is 1.33 bits per heavy atom. The smallest absolute Gasteiger partial charge is 0.275 e. The number of carbonyl (C=O) groups excluding carboxylic acids is 1. The first-order chi connectivity index (χ1) is 10.1. The van der Waals surface area contributed by atoms with Gasteiger partial charge in [-0.3, -0.25) is 4.79 Å². The number of morpholine rings is 1. The highest BCUT2D eigenvalue weighted by Gasteiger charge is 2.17. The van der Waals surface area contributed by atoms with Crippen LogP contribution in [0.3, 0.4) is 0 Å². The fraction of sp³-hybridized carbons (Fsp3) is 0.562. The van der Waals surface area contributed by atoms with Gasteiger partial charge >= 0.3 is 0 Å². The third kappa shape index (κ3) is 5.36. The number of aryl methyl sites for hydroxylation is 2. The first-order valence-electron chi connectivity index (χ1n) is 7.53. The SMILES string of the molecule is Cc1ccc(OCCNC(=O)C[NH+]2CCOCC2)c(C)c1. The fourth-order valence-corrected chi connectivity index (χ4v) is 2.44. The van der Waals surface area contributed by atoms with Crippen LogP contribution < -0.4 is 15.0 Å². The quantitative estimate of drug-likeness (QED) is 0.709. The molecule has 1 saturated heterocycles. The van der Waals surface area contributed by atoms with Crippen LogP contribution in [0.1, 0.15) is 11.1 Å². The fourth-order valence-electron chi connectivity index (χ4n) is 2.44. The van der Waals surface area contributed by atoms with E-state index in [1.54, 1.807) is 0 Å². The monoisotopic (exact) mass is 293 g/mol. The number of ether oxygens (including phenoxy) is 2. The Labute approximate surface area is 126 Å². The summed E-state index contributed by atoms with van der Waals surface area (Å²) in [6.07, 6.45) is 0. The van der Waals surface area contributed by atoms with E-state index in [9.17, 15) is 4.79 Å². The second-order valence-electron chi connectivity index (χ2n) is 5.51. The van der Waals surface area contributed by atoms with E-state index in [0.29, 0.717) is 19.7 Å². The predicted molar refractivity (Wildman–Crippen MR) is 80.8 cm³/mol. The normalized spacial score (nSPS) is 15.7. The molecule has 2 rings (SSSR count). The minimum atomic E-state index is 0.0797. The van der Waals surface area contributed by atoms with E-state index in [4.69, 9.17) is 9.47 Å². The minimum absolute atomic E-state index is 0.0797. The van der Waals surface area contributed by atoms with Gasteiger partial charge in [0.1, 0.15) is 25.4 Å². The van der Waals surface area contributed by atoms with E-state index in [-0.39, 0.29) is 5.91 Å². The maximum Gasteiger partial charge on any atom is 0.275 e. The molecule has 0 saturated carbocycles. The Hall–Kier alpha value is -1.59. The molecular weight excluding hydrogens is 268 g/mol. The second-order valence-corrected chi connectivity index (χ2v) is 5.51. The lowest BCUT2D eigenvalue weighted by Crippen LogP contribution is -3.15. The Bertz CT molecular complexity index is 471. The average Bonchev–Trinajstić information content (AvgIpc) is 2.46. The van der Waals surface area contributed by atoms with Crippen molar-refractivity contribution < 1.29 is 19.2 Å². The Morgan fingerprint density at radius 2 is 2.10 bits per heavy atom. The van der Waals surface area contributed by atoms with Gasteiger partial charge in [0.15, 0.2) is 6.54 Å². The molecule has 1 amide bonds. The number of carbonyl (C=O) groups is 1. The van der Waals surface area contributed by atoms with Crippen molar-refractivity contribution in [2.75, 3.05) is 46.0 Å². The maximum absolute atomic E-state index is 11.8. The highest BCUT2D eigenvalue weighted by molar-refractivity contribution is 5.76. The first-order valence-corrected chi connectivity index (χ1v) is 7.53. The van der Waals surface area contributed by atoms with Gasteiger partial charge in [-0.15, -0.1) is 0 Å². The van der Waals surface area contributed by atoms with Crippen LogP contribution in [-0.4, -0.2) is 51.9 Å². The average molecular weight is 293 g/mol. The zero-order valence-electron chi connectivity index (χ0n) is 12.9. The molecule has 1 aliphatic heterocycles. The van der Waals surface area contributed by atoms with Crippen molar-refractivity contribution in [1.29, 1.82) is 0 Å². The van der Waals surface area contributed by atoms with E-state index < -0.39 is 0 Å². The predicted octanol–water partition coefficient (Wildman–Crippen LogP) is -0.286. The molecule has 116 valence electrons.